The minimum Gasteiger partial charge on any atom is -0.496 e. The van der Waals surface area contributed by atoms with Gasteiger partial charge < -0.3 is 10.1 Å². The Morgan fingerprint density at radius 3 is 2.79 bits per heavy atom. The summed E-state index contributed by atoms with van der Waals surface area (Å²) in [6.07, 6.45) is -4.29. The highest BCUT2D eigenvalue weighted by atomic mass is 19.4. The molecule has 0 aliphatic carbocycles. The predicted octanol–water partition coefficient (Wildman–Crippen LogP) is 2.23. The molecular formula is C13H14F3NO2. The molecule has 0 amide bonds. The number of alkyl halides is 3. The maximum Gasteiger partial charge on any atom is 0.451 e. The van der Waals surface area contributed by atoms with Crippen molar-refractivity contribution in [2.45, 2.75) is 31.6 Å². The van der Waals surface area contributed by atoms with Gasteiger partial charge in [-0.25, -0.2) is 0 Å². The van der Waals surface area contributed by atoms with Gasteiger partial charge >= 0.3 is 6.18 Å². The summed E-state index contributed by atoms with van der Waals surface area (Å²) in [6, 6.07) is 4.19. The molecule has 2 rings (SSSR count). The first-order chi connectivity index (χ1) is 8.93. The fourth-order valence-corrected chi connectivity index (χ4v) is 2.30. The van der Waals surface area contributed by atoms with Gasteiger partial charge in [-0.3, -0.25) is 4.79 Å². The lowest BCUT2D eigenvalue weighted by atomic mass is 10.0. The second-order valence-corrected chi connectivity index (χ2v) is 4.43. The zero-order chi connectivity index (χ0) is 14.0. The Morgan fingerprint density at radius 1 is 1.42 bits per heavy atom. The molecule has 0 saturated heterocycles. The lowest BCUT2D eigenvalue weighted by Crippen LogP contribution is -2.43. The minimum atomic E-state index is -4.79. The van der Waals surface area contributed by atoms with Gasteiger partial charge in [0.2, 0.25) is 0 Å². The largest absolute Gasteiger partial charge is 0.496 e. The van der Waals surface area contributed by atoms with Gasteiger partial charge in [-0.1, -0.05) is 12.1 Å². The Hall–Kier alpha value is -1.56. The van der Waals surface area contributed by atoms with Crippen LogP contribution in [-0.2, 0) is 17.8 Å². The molecule has 0 radical (unpaired) electrons. The van der Waals surface area contributed by atoms with Crippen molar-refractivity contribution < 1.29 is 22.7 Å². The molecule has 0 aromatic heterocycles. The van der Waals surface area contributed by atoms with Crippen LogP contribution in [0.2, 0.25) is 0 Å². The van der Waals surface area contributed by atoms with E-state index in [1.165, 1.54) is 7.11 Å². The zero-order valence-electron chi connectivity index (χ0n) is 10.4. The van der Waals surface area contributed by atoms with E-state index in [2.05, 4.69) is 5.32 Å². The summed E-state index contributed by atoms with van der Waals surface area (Å²) in [5, 5.41) is 2.67. The van der Waals surface area contributed by atoms with Gasteiger partial charge in [0.1, 0.15) is 5.75 Å². The van der Waals surface area contributed by atoms with Crippen LogP contribution in [0.1, 0.15) is 17.5 Å². The number of fused-ring (bicyclic) bond motifs is 1. The van der Waals surface area contributed by atoms with Gasteiger partial charge in [-0.05, 0) is 30.0 Å². The first-order valence-corrected chi connectivity index (χ1v) is 5.92. The molecule has 3 nitrogen and oxygen atoms in total. The Morgan fingerprint density at radius 2 is 2.16 bits per heavy atom. The van der Waals surface area contributed by atoms with Crippen molar-refractivity contribution in [2.75, 3.05) is 7.11 Å². The van der Waals surface area contributed by atoms with Crippen LogP contribution < -0.4 is 10.1 Å². The van der Waals surface area contributed by atoms with Crippen molar-refractivity contribution in [3.8, 4) is 5.75 Å². The Labute approximate surface area is 108 Å². The minimum absolute atomic E-state index is 0.117. The second-order valence-electron chi connectivity index (χ2n) is 4.43. The Bertz CT molecular complexity index is 485. The molecule has 1 heterocycles. The monoisotopic (exact) mass is 273 g/mol. The molecule has 0 fully saturated rings. The topological polar surface area (TPSA) is 38.3 Å². The first-order valence-electron chi connectivity index (χ1n) is 5.92. The number of nitrogens with one attached hydrogen (secondary N) is 1. The van der Waals surface area contributed by atoms with E-state index in [0.717, 1.165) is 11.1 Å². The van der Waals surface area contributed by atoms with Crippen molar-refractivity contribution in [1.82, 2.24) is 5.32 Å². The maximum absolute atomic E-state index is 12.4. The molecule has 0 saturated carbocycles. The molecular weight excluding hydrogens is 259 g/mol. The van der Waals surface area contributed by atoms with Crippen LogP contribution in [0.25, 0.3) is 0 Å². The predicted molar refractivity (Wildman–Crippen MR) is 63.0 cm³/mol. The van der Waals surface area contributed by atoms with E-state index in [1.54, 1.807) is 12.1 Å². The van der Waals surface area contributed by atoms with Crippen LogP contribution >= 0.6 is 0 Å². The van der Waals surface area contributed by atoms with Gasteiger partial charge in [0.05, 0.1) is 13.2 Å². The molecule has 104 valence electrons. The van der Waals surface area contributed by atoms with Gasteiger partial charge in [0, 0.05) is 6.54 Å². The summed E-state index contributed by atoms with van der Waals surface area (Å²) in [4.78, 5) is 11.3. The highest BCUT2D eigenvalue weighted by Gasteiger charge is 2.43. The van der Waals surface area contributed by atoms with Gasteiger partial charge in [0.25, 0.3) is 5.78 Å². The normalized spacial score (nSPS) is 19.5. The number of carbonyl (C=O) groups is 1. The number of halogens is 3. The number of hydrogen-bond donors (Lipinski definition) is 1. The molecule has 1 aromatic rings. The van der Waals surface area contributed by atoms with Crippen LogP contribution in [0.5, 0.6) is 5.75 Å². The van der Waals surface area contributed by atoms with Crippen molar-refractivity contribution in [3.05, 3.63) is 29.3 Å². The third kappa shape index (κ3) is 2.89. The van der Waals surface area contributed by atoms with E-state index in [0.29, 0.717) is 12.2 Å². The Balaban J connectivity index is 2.20. The number of ether oxygens (including phenoxy) is 1. The fourth-order valence-electron chi connectivity index (χ4n) is 2.30. The highest BCUT2D eigenvalue weighted by Crippen LogP contribution is 2.28. The molecule has 1 N–H and O–H groups in total. The quantitative estimate of drug-likeness (QED) is 0.898. The molecule has 1 unspecified atom stereocenters. The Kier molecular flexibility index (Phi) is 3.80. The standard InChI is InChI=1S/C13H14F3NO2/c1-19-11-4-2-3-8-7-17-10(6-5-9(8)11)12(18)13(14,15)16/h2-4,10,17H,5-7H2,1H3. The molecule has 1 aliphatic heterocycles. The average molecular weight is 273 g/mol. The number of ketones is 1. The van der Waals surface area contributed by atoms with Crippen LogP contribution in [0.15, 0.2) is 18.2 Å². The summed E-state index contributed by atoms with van der Waals surface area (Å²) in [5.41, 5.74) is 1.74. The van der Waals surface area contributed by atoms with Crippen LogP contribution in [-0.4, -0.2) is 25.1 Å². The highest BCUT2D eigenvalue weighted by molar-refractivity contribution is 5.89. The SMILES string of the molecule is COc1cccc2c1CCC(C(=O)C(F)(F)F)NC2. The third-order valence-electron chi connectivity index (χ3n) is 3.27. The van der Waals surface area contributed by atoms with Crippen molar-refractivity contribution >= 4 is 5.78 Å². The first kappa shape index (κ1) is 13.9. The molecule has 0 bridgehead atoms. The smallest absolute Gasteiger partial charge is 0.451 e. The van der Waals surface area contributed by atoms with Crippen molar-refractivity contribution in [1.29, 1.82) is 0 Å². The number of rotatable bonds is 2. The molecule has 19 heavy (non-hydrogen) atoms. The zero-order valence-corrected chi connectivity index (χ0v) is 10.4. The summed E-state index contributed by atoms with van der Waals surface area (Å²) < 4.78 is 42.5. The molecule has 0 spiro atoms. The van der Waals surface area contributed by atoms with E-state index in [9.17, 15) is 18.0 Å². The summed E-state index contributed by atoms with van der Waals surface area (Å²) in [7, 11) is 1.52. The maximum atomic E-state index is 12.4. The van der Waals surface area contributed by atoms with E-state index in [1.807, 2.05) is 6.07 Å². The number of hydrogen-bond acceptors (Lipinski definition) is 3. The molecule has 1 aliphatic rings. The van der Waals surface area contributed by atoms with E-state index in [4.69, 9.17) is 4.74 Å². The number of carbonyl (C=O) groups excluding carboxylic acids is 1. The van der Waals surface area contributed by atoms with Crippen LogP contribution in [0.4, 0.5) is 13.2 Å². The lowest BCUT2D eigenvalue weighted by molar-refractivity contribution is -0.173. The van der Waals surface area contributed by atoms with Gasteiger partial charge in [0.15, 0.2) is 0 Å². The van der Waals surface area contributed by atoms with E-state index < -0.39 is 18.0 Å². The van der Waals surface area contributed by atoms with Crippen LogP contribution in [0, 0.1) is 0 Å². The molecule has 6 heteroatoms. The van der Waals surface area contributed by atoms with Crippen molar-refractivity contribution in [2.24, 2.45) is 0 Å². The summed E-state index contributed by atoms with van der Waals surface area (Å²) in [6.45, 7) is 0.235. The van der Waals surface area contributed by atoms with E-state index in [-0.39, 0.29) is 13.0 Å². The number of Topliss-reactive ketones (excluding diaryl/α,β-unsaturated/α-hetero) is 1. The van der Waals surface area contributed by atoms with Crippen molar-refractivity contribution in [3.63, 3.8) is 0 Å². The van der Waals surface area contributed by atoms with E-state index >= 15 is 0 Å². The molecule has 1 aromatic carbocycles. The fraction of sp³-hybridized carbons (Fsp3) is 0.462. The second kappa shape index (κ2) is 5.21. The average Bonchev–Trinajstić information content (AvgIpc) is 2.58. The summed E-state index contributed by atoms with van der Waals surface area (Å²) >= 11 is 0. The van der Waals surface area contributed by atoms with Gasteiger partial charge in [-0.2, -0.15) is 13.2 Å². The van der Waals surface area contributed by atoms with Gasteiger partial charge in [-0.15, -0.1) is 0 Å². The number of benzene rings is 1. The molecule has 1 atom stereocenters. The van der Waals surface area contributed by atoms with Crippen LogP contribution in [0.3, 0.4) is 0 Å². The third-order valence-corrected chi connectivity index (χ3v) is 3.27. The lowest BCUT2D eigenvalue weighted by Gasteiger charge is -2.15. The number of methoxy groups -OCH3 is 1. The summed E-state index contributed by atoms with van der Waals surface area (Å²) in [5.74, 6) is -1.06.